The lowest BCUT2D eigenvalue weighted by Crippen LogP contribution is -2.34. The summed E-state index contributed by atoms with van der Waals surface area (Å²) >= 11 is 0. The number of benzene rings is 1. The largest absolute Gasteiger partial charge is 0.367 e. The molecule has 1 fully saturated rings. The molecule has 16 heavy (non-hydrogen) atoms. The SMILES string of the molecule is CC1Cc2ccccc2N1CC1(C#N)CC1. The molecule has 1 saturated carbocycles. The first-order valence-corrected chi connectivity index (χ1v) is 6.00. The van der Waals surface area contributed by atoms with Crippen LogP contribution in [-0.4, -0.2) is 12.6 Å². The number of nitriles is 1. The highest BCUT2D eigenvalue weighted by atomic mass is 15.2. The zero-order chi connectivity index (χ0) is 11.2. The molecular weight excluding hydrogens is 196 g/mol. The Hall–Kier alpha value is -1.49. The van der Waals surface area contributed by atoms with Crippen molar-refractivity contribution in [1.82, 2.24) is 0 Å². The van der Waals surface area contributed by atoms with Gasteiger partial charge in [-0.15, -0.1) is 0 Å². The summed E-state index contributed by atoms with van der Waals surface area (Å²) in [6.45, 7) is 3.18. The highest BCUT2D eigenvalue weighted by molar-refractivity contribution is 5.59. The fraction of sp³-hybridized carbons (Fsp3) is 0.500. The highest BCUT2D eigenvalue weighted by Crippen LogP contribution is 2.47. The predicted molar refractivity (Wildman–Crippen MR) is 64.2 cm³/mol. The van der Waals surface area contributed by atoms with Gasteiger partial charge in [0.15, 0.2) is 0 Å². The minimum Gasteiger partial charge on any atom is -0.367 e. The molecule has 1 unspecified atom stereocenters. The van der Waals surface area contributed by atoms with Gasteiger partial charge in [0.25, 0.3) is 0 Å². The van der Waals surface area contributed by atoms with Crippen LogP contribution < -0.4 is 4.90 Å². The fourth-order valence-electron chi connectivity index (χ4n) is 2.65. The van der Waals surface area contributed by atoms with Crippen LogP contribution in [0.4, 0.5) is 5.69 Å². The van der Waals surface area contributed by atoms with Gasteiger partial charge in [-0.2, -0.15) is 5.26 Å². The summed E-state index contributed by atoms with van der Waals surface area (Å²) in [5.74, 6) is 0. The summed E-state index contributed by atoms with van der Waals surface area (Å²) in [5, 5.41) is 9.17. The smallest absolute Gasteiger partial charge is 0.0749 e. The van der Waals surface area contributed by atoms with E-state index in [2.05, 4.69) is 42.2 Å². The summed E-state index contributed by atoms with van der Waals surface area (Å²) in [7, 11) is 0. The molecule has 2 heteroatoms. The van der Waals surface area contributed by atoms with Crippen molar-refractivity contribution in [2.75, 3.05) is 11.4 Å². The molecule has 2 nitrogen and oxygen atoms in total. The second-order valence-corrected chi connectivity index (χ2v) is 5.20. The Morgan fingerprint density at radius 2 is 2.19 bits per heavy atom. The molecule has 82 valence electrons. The molecule has 0 N–H and O–H groups in total. The summed E-state index contributed by atoms with van der Waals surface area (Å²) in [6.07, 6.45) is 3.28. The molecule has 1 aliphatic heterocycles. The van der Waals surface area contributed by atoms with Crippen LogP contribution in [0.1, 0.15) is 25.3 Å². The number of para-hydroxylation sites is 1. The third-order valence-electron chi connectivity index (χ3n) is 3.91. The minimum atomic E-state index is -0.0360. The summed E-state index contributed by atoms with van der Waals surface area (Å²) in [6, 6.07) is 11.6. The first kappa shape index (κ1) is 9.72. The first-order valence-electron chi connectivity index (χ1n) is 6.00. The van der Waals surface area contributed by atoms with Crippen molar-refractivity contribution in [3.05, 3.63) is 29.8 Å². The maximum atomic E-state index is 9.17. The highest BCUT2D eigenvalue weighted by Gasteiger charge is 2.46. The van der Waals surface area contributed by atoms with Gasteiger partial charge in [0.2, 0.25) is 0 Å². The van der Waals surface area contributed by atoms with Crippen LogP contribution in [0, 0.1) is 16.7 Å². The second-order valence-electron chi connectivity index (χ2n) is 5.20. The van der Waals surface area contributed by atoms with Crippen LogP contribution in [0.5, 0.6) is 0 Å². The number of anilines is 1. The van der Waals surface area contributed by atoms with Crippen molar-refractivity contribution in [3.8, 4) is 6.07 Å². The maximum Gasteiger partial charge on any atom is 0.0749 e. The number of nitrogens with zero attached hydrogens (tertiary/aromatic N) is 2. The van der Waals surface area contributed by atoms with E-state index in [1.807, 2.05) is 0 Å². The summed E-state index contributed by atoms with van der Waals surface area (Å²) in [5.41, 5.74) is 2.74. The van der Waals surface area contributed by atoms with E-state index in [0.29, 0.717) is 6.04 Å². The Labute approximate surface area is 96.5 Å². The van der Waals surface area contributed by atoms with Crippen LogP contribution in [0.25, 0.3) is 0 Å². The lowest BCUT2D eigenvalue weighted by Gasteiger charge is -2.27. The van der Waals surface area contributed by atoms with Crippen molar-refractivity contribution in [1.29, 1.82) is 5.26 Å². The molecule has 1 heterocycles. The monoisotopic (exact) mass is 212 g/mol. The van der Waals surface area contributed by atoms with Crippen molar-refractivity contribution >= 4 is 5.69 Å². The van der Waals surface area contributed by atoms with Crippen molar-refractivity contribution in [3.63, 3.8) is 0 Å². The number of hydrogen-bond donors (Lipinski definition) is 0. The molecule has 0 radical (unpaired) electrons. The van der Waals surface area contributed by atoms with E-state index in [4.69, 9.17) is 0 Å². The fourth-order valence-corrected chi connectivity index (χ4v) is 2.65. The Balaban J connectivity index is 1.88. The van der Waals surface area contributed by atoms with Crippen LogP contribution in [0.15, 0.2) is 24.3 Å². The Morgan fingerprint density at radius 1 is 1.44 bits per heavy atom. The lowest BCUT2D eigenvalue weighted by atomic mass is 10.1. The van der Waals surface area contributed by atoms with Gasteiger partial charge >= 0.3 is 0 Å². The van der Waals surface area contributed by atoms with Gasteiger partial charge in [-0.1, -0.05) is 18.2 Å². The Bertz CT molecular complexity index is 454. The van der Waals surface area contributed by atoms with E-state index in [9.17, 15) is 5.26 Å². The van der Waals surface area contributed by atoms with Crippen LogP contribution in [0.2, 0.25) is 0 Å². The molecule has 0 aromatic heterocycles. The zero-order valence-corrected chi connectivity index (χ0v) is 9.61. The molecule has 2 aliphatic rings. The molecule has 1 atom stereocenters. The topological polar surface area (TPSA) is 27.0 Å². The number of hydrogen-bond acceptors (Lipinski definition) is 2. The molecule has 1 aromatic rings. The minimum absolute atomic E-state index is 0.0360. The van der Waals surface area contributed by atoms with Crippen molar-refractivity contribution < 1.29 is 0 Å². The van der Waals surface area contributed by atoms with Crippen LogP contribution >= 0.6 is 0 Å². The van der Waals surface area contributed by atoms with Gasteiger partial charge < -0.3 is 4.90 Å². The lowest BCUT2D eigenvalue weighted by molar-refractivity contribution is 0.577. The van der Waals surface area contributed by atoms with Crippen molar-refractivity contribution in [2.45, 2.75) is 32.2 Å². The molecule has 3 rings (SSSR count). The summed E-state index contributed by atoms with van der Waals surface area (Å²) in [4.78, 5) is 2.42. The van der Waals surface area contributed by atoms with E-state index < -0.39 is 0 Å². The van der Waals surface area contributed by atoms with Gasteiger partial charge in [0.1, 0.15) is 0 Å². The first-order chi connectivity index (χ1) is 7.74. The van der Waals surface area contributed by atoms with Crippen LogP contribution in [-0.2, 0) is 6.42 Å². The van der Waals surface area contributed by atoms with E-state index in [1.165, 1.54) is 11.3 Å². The second kappa shape index (κ2) is 3.25. The predicted octanol–water partition coefficient (Wildman–Crippen LogP) is 2.74. The van der Waals surface area contributed by atoms with E-state index in [-0.39, 0.29) is 5.41 Å². The van der Waals surface area contributed by atoms with Gasteiger partial charge in [0.05, 0.1) is 11.5 Å². The number of fused-ring (bicyclic) bond motifs is 1. The normalized spacial score (nSPS) is 25.0. The third-order valence-corrected chi connectivity index (χ3v) is 3.91. The van der Waals surface area contributed by atoms with Gasteiger partial charge in [-0.05, 0) is 37.8 Å². The Kier molecular flexibility index (Phi) is 1.97. The standard InChI is InChI=1S/C14H16N2/c1-11-8-12-4-2-3-5-13(12)16(11)10-14(9-15)6-7-14/h2-5,11H,6-8,10H2,1H3. The molecule has 0 bridgehead atoms. The molecule has 0 amide bonds. The molecule has 1 aromatic carbocycles. The van der Waals surface area contributed by atoms with E-state index >= 15 is 0 Å². The van der Waals surface area contributed by atoms with E-state index in [1.54, 1.807) is 0 Å². The van der Waals surface area contributed by atoms with Gasteiger partial charge in [-0.3, -0.25) is 0 Å². The Morgan fingerprint density at radius 3 is 2.88 bits per heavy atom. The average Bonchev–Trinajstić information content (AvgIpc) is 3.01. The maximum absolute atomic E-state index is 9.17. The van der Waals surface area contributed by atoms with Crippen LogP contribution in [0.3, 0.4) is 0 Å². The summed E-state index contributed by atoms with van der Waals surface area (Å²) < 4.78 is 0. The molecule has 0 spiro atoms. The molecule has 1 aliphatic carbocycles. The van der Waals surface area contributed by atoms with Gasteiger partial charge in [0, 0.05) is 18.3 Å². The van der Waals surface area contributed by atoms with Crippen molar-refractivity contribution in [2.24, 2.45) is 5.41 Å². The molecule has 0 saturated heterocycles. The van der Waals surface area contributed by atoms with E-state index in [0.717, 1.165) is 25.8 Å². The third kappa shape index (κ3) is 1.39. The molecular formula is C14H16N2. The quantitative estimate of drug-likeness (QED) is 0.753. The zero-order valence-electron chi connectivity index (χ0n) is 9.61. The van der Waals surface area contributed by atoms with Gasteiger partial charge in [-0.25, -0.2) is 0 Å². The number of rotatable bonds is 2. The average molecular weight is 212 g/mol.